The van der Waals surface area contributed by atoms with Crippen LogP contribution in [0, 0.1) is 6.92 Å². The standard InChI is InChI=1S/C19H20N4O2S/c1-12-14(17(25-22-12)13-6-4-3-5-7-13)10-23-9-8-16-15(11-23)18(24)21-19(20-16)26-2/h3-7H,8-11H2,1-2H3,(H,20,21,24). The first-order chi connectivity index (χ1) is 12.7. The molecule has 0 saturated carbocycles. The van der Waals surface area contributed by atoms with Crippen molar-refractivity contribution < 1.29 is 4.52 Å². The van der Waals surface area contributed by atoms with Gasteiger partial charge in [0.2, 0.25) is 0 Å². The van der Waals surface area contributed by atoms with Crippen LogP contribution in [0.2, 0.25) is 0 Å². The van der Waals surface area contributed by atoms with Gasteiger partial charge in [-0.25, -0.2) is 4.98 Å². The van der Waals surface area contributed by atoms with Crippen molar-refractivity contribution in [2.45, 2.75) is 31.6 Å². The predicted molar refractivity (Wildman–Crippen MR) is 101 cm³/mol. The molecular weight excluding hydrogens is 348 g/mol. The first kappa shape index (κ1) is 17.1. The number of H-pyrrole nitrogens is 1. The minimum absolute atomic E-state index is 0.0330. The maximum atomic E-state index is 12.4. The van der Waals surface area contributed by atoms with Crippen molar-refractivity contribution in [3.05, 3.63) is 63.2 Å². The first-order valence-electron chi connectivity index (χ1n) is 8.54. The second kappa shape index (κ2) is 7.09. The Bertz CT molecular complexity index is 981. The zero-order chi connectivity index (χ0) is 18.1. The molecule has 0 amide bonds. The normalized spacial score (nSPS) is 14.4. The Morgan fingerprint density at radius 1 is 1.31 bits per heavy atom. The van der Waals surface area contributed by atoms with E-state index in [1.54, 1.807) is 0 Å². The molecule has 1 aliphatic heterocycles. The molecule has 0 radical (unpaired) electrons. The van der Waals surface area contributed by atoms with E-state index >= 15 is 0 Å². The highest BCUT2D eigenvalue weighted by Crippen LogP contribution is 2.28. The van der Waals surface area contributed by atoms with Crippen LogP contribution in [0.1, 0.15) is 22.5 Å². The van der Waals surface area contributed by atoms with Gasteiger partial charge in [0.15, 0.2) is 10.9 Å². The van der Waals surface area contributed by atoms with Gasteiger partial charge in [-0.3, -0.25) is 9.69 Å². The molecule has 0 atom stereocenters. The van der Waals surface area contributed by atoms with Crippen molar-refractivity contribution in [3.8, 4) is 11.3 Å². The Hall–Kier alpha value is -2.38. The Morgan fingerprint density at radius 3 is 2.88 bits per heavy atom. The molecule has 0 aliphatic carbocycles. The van der Waals surface area contributed by atoms with Gasteiger partial charge in [0.1, 0.15) is 0 Å². The number of thioether (sulfide) groups is 1. The zero-order valence-corrected chi connectivity index (χ0v) is 15.6. The molecule has 3 aromatic rings. The average Bonchev–Trinajstić information content (AvgIpc) is 3.03. The fourth-order valence-corrected chi connectivity index (χ4v) is 3.70. The van der Waals surface area contributed by atoms with E-state index in [1.807, 2.05) is 43.5 Å². The largest absolute Gasteiger partial charge is 0.356 e. The summed E-state index contributed by atoms with van der Waals surface area (Å²) in [6.45, 7) is 4.10. The number of nitrogens with zero attached hydrogens (tertiary/aromatic N) is 3. The Labute approximate surface area is 155 Å². The van der Waals surface area contributed by atoms with Crippen LogP contribution in [0.5, 0.6) is 0 Å². The van der Waals surface area contributed by atoms with Crippen LogP contribution in [-0.4, -0.2) is 32.8 Å². The van der Waals surface area contributed by atoms with E-state index in [9.17, 15) is 4.79 Å². The number of fused-ring (bicyclic) bond motifs is 1. The highest BCUT2D eigenvalue weighted by atomic mass is 32.2. The molecule has 7 heteroatoms. The van der Waals surface area contributed by atoms with Gasteiger partial charge in [-0.1, -0.05) is 47.3 Å². The molecule has 4 rings (SSSR count). The lowest BCUT2D eigenvalue weighted by molar-refractivity contribution is 0.240. The molecule has 1 N–H and O–H groups in total. The van der Waals surface area contributed by atoms with Crippen molar-refractivity contribution in [1.29, 1.82) is 0 Å². The minimum Gasteiger partial charge on any atom is -0.356 e. The molecule has 1 aromatic carbocycles. The number of rotatable bonds is 4. The molecule has 134 valence electrons. The Kier molecular flexibility index (Phi) is 4.65. The van der Waals surface area contributed by atoms with E-state index in [1.165, 1.54) is 11.8 Å². The number of benzene rings is 1. The number of nitrogens with one attached hydrogen (secondary N) is 1. The van der Waals surface area contributed by atoms with Crippen LogP contribution in [0.15, 0.2) is 44.8 Å². The van der Waals surface area contributed by atoms with Crippen molar-refractivity contribution in [2.24, 2.45) is 0 Å². The third-order valence-electron chi connectivity index (χ3n) is 4.72. The highest BCUT2D eigenvalue weighted by Gasteiger charge is 2.24. The number of hydrogen-bond acceptors (Lipinski definition) is 6. The van der Waals surface area contributed by atoms with Crippen LogP contribution >= 0.6 is 11.8 Å². The van der Waals surface area contributed by atoms with Crippen LogP contribution < -0.4 is 5.56 Å². The third kappa shape index (κ3) is 3.20. The van der Waals surface area contributed by atoms with Crippen LogP contribution in [0.4, 0.5) is 0 Å². The van der Waals surface area contributed by atoms with Crippen LogP contribution in [0.3, 0.4) is 0 Å². The van der Waals surface area contributed by atoms with E-state index in [4.69, 9.17) is 4.52 Å². The smallest absolute Gasteiger partial charge is 0.256 e. The summed E-state index contributed by atoms with van der Waals surface area (Å²) in [6.07, 6.45) is 2.69. The molecule has 0 spiro atoms. The van der Waals surface area contributed by atoms with Crippen molar-refractivity contribution >= 4 is 11.8 Å². The lowest BCUT2D eigenvalue weighted by Crippen LogP contribution is -2.35. The topological polar surface area (TPSA) is 75.0 Å². The molecule has 3 heterocycles. The second-order valence-electron chi connectivity index (χ2n) is 6.40. The molecule has 0 fully saturated rings. The zero-order valence-electron chi connectivity index (χ0n) is 14.8. The second-order valence-corrected chi connectivity index (χ2v) is 7.20. The molecule has 0 unspecified atom stereocenters. The van der Waals surface area contributed by atoms with Crippen molar-refractivity contribution in [2.75, 3.05) is 12.8 Å². The van der Waals surface area contributed by atoms with Gasteiger partial charge in [-0.2, -0.15) is 0 Å². The first-order valence-corrected chi connectivity index (χ1v) is 9.77. The van der Waals surface area contributed by atoms with Crippen molar-refractivity contribution in [1.82, 2.24) is 20.0 Å². The SMILES string of the molecule is CSc1nc2c(c(=O)[nH]1)CN(Cc1c(C)noc1-c1ccccc1)CC2. The van der Waals surface area contributed by atoms with Gasteiger partial charge in [-0.15, -0.1) is 0 Å². The maximum Gasteiger partial charge on any atom is 0.256 e. The molecular formula is C19H20N4O2S. The highest BCUT2D eigenvalue weighted by molar-refractivity contribution is 7.98. The fraction of sp³-hybridized carbons (Fsp3) is 0.316. The number of hydrogen-bond donors (Lipinski definition) is 1. The quantitative estimate of drug-likeness (QED) is 0.564. The number of aromatic amines is 1. The fourth-order valence-electron chi connectivity index (χ4n) is 3.30. The van der Waals surface area contributed by atoms with E-state index < -0.39 is 0 Å². The van der Waals surface area contributed by atoms with Gasteiger partial charge in [0.25, 0.3) is 5.56 Å². The molecule has 26 heavy (non-hydrogen) atoms. The summed E-state index contributed by atoms with van der Waals surface area (Å²) in [7, 11) is 0. The monoisotopic (exact) mass is 368 g/mol. The summed E-state index contributed by atoms with van der Waals surface area (Å²) in [5.74, 6) is 0.804. The number of aryl methyl sites for hydroxylation is 1. The lowest BCUT2D eigenvalue weighted by Gasteiger charge is -2.27. The van der Waals surface area contributed by atoms with E-state index in [-0.39, 0.29) is 5.56 Å². The molecule has 6 nitrogen and oxygen atoms in total. The molecule has 2 aromatic heterocycles. The maximum absolute atomic E-state index is 12.4. The van der Waals surface area contributed by atoms with E-state index in [2.05, 4.69) is 20.0 Å². The summed E-state index contributed by atoms with van der Waals surface area (Å²) in [4.78, 5) is 22.0. The summed E-state index contributed by atoms with van der Waals surface area (Å²) < 4.78 is 5.59. The van der Waals surface area contributed by atoms with Crippen molar-refractivity contribution in [3.63, 3.8) is 0 Å². The minimum atomic E-state index is -0.0330. The van der Waals surface area contributed by atoms with Crippen LogP contribution in [-0.2, 0) is 19.5 Å². The van der Waals surface area contributed by atoms with Gasteiger partial charge in [0.05, 0.1) is 17.0 Å². The Balaban J connectivity index is 1.60. The predicted octanol–water partition coefficient (Wildman–Crippen LogP) is 3.01. The average molecular weight is 368 g/mol. The lowest BCUT2D eigenvalue weighted by atomic mass is 10.0. The third-order valence-corrected chi connectivity index (χ3v) is 5.30. The summed E-state index contributed by atoms with van der Waals surface area (Å²) in [5, 5.41) is 4.84. The van der Waals surface area contributed by atoms with Crippen LogP contribution in [0.25, 0.3) is 11.3 Å². The molecule has 1 aliphatic rings. The summed E-state index contributed by atoms with van der Waals surface area (Å²) >= 11 is 1.46. The molecule has 0 saturated heterocycles. The van der Waals surface area contributed by atoms with Gasteiger partial charge < -0.3 is 9.51 Å². The van der Waals surface area contributed by atoms with E-state index in [0.29, 0.717) is 18.2 Å². The van der Waals surface area contributed by atoms with E-state index in [0.717, 1.165) is 46.8 Å². The number of aromatic nitrogens is 3. The molecule has 0 bridgehead atoms. The summed E-state index contributed by atoms with van der Waals surface area (Å²) in [5.41, 5.74) is 4.63. The summed E-state index contributed by atoms with van der Waals surface area (Å²) in [6, 6.07) is 10.0. The van der Waals surface area contributed by atoms with Gasteiger partial charge in [-0.05, 0) is 13.2 Å². The van der Waals surface area contributed by atoms with Gasteiger partial charge in [0, 0.05) is 37.2 Å². The Morgan fingerprint density at radius 2 is 2.12 bits per heavy atom. The van der Waals surface area contributed by atoms with Gasteiger partial charge >= 0.3 is 0 Å².